The monoisotopic (exact) mass is 376 g/mol. The van der Waals surface area contributed by atoms with Crippen molar-refractivity contribution in [3.8, 4) is 11.3 Å². The van der Waals surface area contributed by atoms with Gasteiger partial charge in [0, 0.05) is 24.4 Å². The SMILES string of the molecule is O=C(CCc1ncc(-c2c(F)cccc2F)o1)NCc1ccccc1Cl. The highest BCUT2D eigenvalue weighted by Gasteiger charge is 2.16. The zero-order valence-corrected chi connectivity index (χ0v) is 14.4. The summed E-state index contributed by atoms with van der Waals surface area (Å²) in [5, 5.41) is 3.33. The molecule has 134 valence electrons. The van der Waals surface area contributed by atoms with Gasteiger partial charge in [-0.25, -0.2) is 13.8 Å². The highest BCUT2D eigenvalue weighted by Crippen LogP contribution is 2.26. The molecule has 1 amide bonds. The number of hydrogen-bond acceptors (Lipinski definition) is 3. The van der Waals surface area contributed by atoms with E-state index < -0.39 is 11.6 Å². The van der Waals surface area contributed by atoms with E-state index >= 15 is 0 Å². The van der Waals surface area contributed by atoms with E-state index in [1.165, 1.54) is 12.3 Å². The summed E-state index contributed by atoms with van der Waals surface area (Å²) in [6.07, 6.45) is 1.59. The second-order valence-electron chi connectivity index (χ2n) is 5.58. The van der Waals surface area contributed by atoms with Gasteiger partial charge in [-0.2, -0.15) is 0 Å². The minimum Gasteiger partial charge on any atom is -0.441 e. The van der Waals surface area contributed by atoms with E-state index in [4.69, 9.17) is 16.0 Å². The zero-order chi connectivity index (χ0) is 18.5. The molecule has 3 aromatic rings. The maximum atomic E-state index is 13.8. The second kappa shape index (κ2) is 8.10. The number of carbonyl (C=O) groups excluding carboxylic acids is 1. The summed E-state index contributed by atoms with van der Waals surface area (Å²) in [6, 6.07) is 10.8. The quantitative estimate of drug-likeness (QED) is 0.688. The summed E-state index contributed by atoms with van der Waals surface area (Å²) in [4.78, 5) is 15.9. The van der Waals surface area contributed by atoms with Gasteiger partial charge in [-0.3, -0.25) is 4.79 Å². The average molecular weight is 377 g/mol. The number of rotatable bonds is 6. The summed E-state index contributed by atoms with van der Waals surface area (Å²) >= 11 is 6.03. The number of aryl methyl sites for hydroxylation is 1. The fraction of sp³-hybridized carbons (Fsp3) is 0.158. The molecule has 1 heterocycles. The smallest absolute Gasteiger partial charge is 0.220 e. The first-order chi connectivity index (χ1) is 12.5. The Bertz CT molecular complexity index is 907. The molecule has 4 nitrogen and oxygen atoms in total. The molecule has 0 atom stereocenters. The van der Waals surface area contributed by atoms with E-state index in [9.17, 15) is 13.6 Å². The number of carbonyl (C=O) groups is 1. The maximum Gasteiger partial charge on any atom is 0.220 e. The molecule has 0 spiro atoms. The topological polar surface area (TPSA) is 55.1 Å². The van der Waals surface area contributed by atoms with E-state index in [0.717, 1.165) is 17.7 Å². The molecule has 0 aliphatic carbocycles. The van der Waals surface area contributed by atoms with Crippen molar-refractivity contribution in [1.82, 2.24) is 10.3 Å². The molecular weight excluding hydrogens is 362 g/mol. The van der Waals surface area contributed by atoms with Crippen molar-refractivity contribution < 1.29 is 18.0 Å². The summed E-state index contributed by atoms with van der Waals surface area (Å²) in [5.41, 5.74) is 0.547. The minimum absolute atomic E-state index is 0.00734. The molecule has 2 aromatic carbocycles. The third kappa shape index (κ3) is 4.26. The van der Waals surface area contributed by atoms with Gasteiger partial charge in [-0.05, 0) is 23.8 Å². The lowest BCUT2D eigenvalue weighted by molar-refractivity contribution is -0.121. The molecule has 0 saturated heterocycles. The molecule has 0 radical (unpaired) electrons. The molecule has 0 unspecified atom stereocenters. The Morgan fingerprint density at radius 1 is 1.12 bits per heavy atom. The van der Waals surface area contributed by atoms with Gasteiger partial charge in [0.1, 0.15) is 11.6 Å². The van der Waals surface area contributed by atoms with Crippen molar-refractivity contribution in [3.63, 3.8) is 0 Å². The molecule has 1 aromatic heterocycles. The van der Waals surface area contributed by atoms with Crippen LogP contribution in [0.5, 0.6) is 0 Å². The minimum atomic E-state index is -0.731. The van der Waals surface area contributed by atoms with Crippen LogP contribution in [0.1, 0.15) is 17.9 Å². The number of amides is 1. The number of nitrogens with zero attached hydrogens (tertiary/aromatic N) is 1. The standard InChI is InChI=1S/C19H15ClF2N2O2/c20-13-5-2-1-4-12(13)10-23-17(25)8-9-18-24-11-16(26-18)19-14(21)6-3-7-15(19)22/h1-7,11H,8-10H2,(H,23,25). The first-order valence-corrected chi connectivity index (χ1v) is 8.31. The molecule has 0 saturated carbocycles. The van der Waals surface area contributed by atoms with Gasteiger partial charge in [-0.15, -0.1) is 0 Å². The number of nitrogens with one attached hydrogen (secondary N) is 1. The molecule has 26 heavy (non-hydrogen) atoms. The van der Waals surface area contributed by atoms with Crippen molar-refractivity contribution in [1.29, 1.82) is 0 Å². The summed E-state index contributed by atoms with van der Waals surface area (Å²) < 4.78 is 32.9. The van der Waals surface area contributed by atoms with Gasteiger partial charge in [0.15, 0.2) is 11.7 Å². The average Bonchev–Trinajstić information content (AvgIpc) is 3.08. The number of aromatic nitrogens is 1. The first-order valence-electron chi connectivity index (χ1n) is 7.94. The van der Waals surface area contributed by atoms with Crippen molar-refractivity contribution in [3.05, 3.63) is 76.8 Å². The van der Waals surface area contributed by atoms with E-state index in [-0.39, 0.29) is 36.0 Å². The van der Waals surface area contributed by atoms with Crippen molar-refractivity contribution in [2.75, 3.05) is 0 Å². The third-order valence-electron chi connectivity index (χ3n) is 3.76. The van der Waals surface area contributed by atoms with Crippen LogP contribution in [-0.2, 0) is 17.8 Å². The van der Waals surface area contributed by atoms with Gasteiger partial charge in [0.2, 0.25) is 5.91 Å². The van der Waals surface area contributed by atoms with Crippen LogP contribution in [0.25, 0.3) is 11.3 Å². The largest absolute Gasteiger partial charge is 0.441 e. The predicted octanol–water partition coefficient (Wildman–Crippen LogP) is 4.52. The van der Waals surface area contributed by atoms with E-state index in [1.54, 1.807) is 6.07 Å². The summed E-state index contributed by atoms with van der Waals surface area (Å²) in [7, 11) is 0. The Morgan fingerprint density at radius 2 is 1.85 bits per heavy atom. The van der Waals surface area contributed by atoms with Gasteiger partial charge in [-0.1, -0.05) is 35.9 Å². The lowest BCUT2D eigenvalue weighted by Crippen LogP contribution is -2.23. The van der Waals surface area contributed by atoms with E-state index in [2.05, 4.69) is 10.3 Å². The molecule has 0 fully saturated rings. The van der Waals surface area contributed by atoms with Crippen LogP contribution in [0.3, 0.4) is 0 Å². The molecule has 1 N–H and O–H groups in total. The van der Waals surface area contributed by atoms with Crippen molar-refractivity contribution in [2.45, 2.75) is 19.4 Å². The Hall–Kier alpha value is -2.73. The number of halogens is 3. The fourth-order valence-electron chi connectivity index (χ4n) is 2.42. The highest BCUT2D eigenvalue weighted by molar-refractivity contribution is 6.31. The lowest BCUT2D eigenvalue weighted by atomic mass is 10.1. The molecule has 7 heteroatoms. The third-order valence-corrected chi connectivity index (χ3v) is 4.13. The van der Waals surface area contributed by atoms with Crippen LogP contribution in [0.15, 0.2) is 53.1 Å². The molecule has 0 aliphatic heterocycles. The summed E-state index contributed by atoms with van der Waals surface area (Å²) in [6.45, 7) is 0.315. The van der Waals surface area contributed by atoms with Crippen LogP contribution in [0, 0.1) is 11.6 Å². The second-order valence-corrected chi connectivity index (χ2v) is 5.99. The molecular formula is C19H15ClF2N2O2. The Morgan fingerprint density at radius 3 is 2.58 bits per heavy atom. The highest BCUT2D eigenvalue weighted by atomic mass is 35.5. The van der Waals surface area contributed by atoms with Crippen LogP contribution >= 0.6 is 11.6 Å². The zero-order valence-electron chi connectivity index (χ0n) is 13.6. The normalized spacial score (nSPS) is 10.7. The molecule has 0 aliphatic rings. The number of benzene rings is 2. The number of hydrogen-bond donors (Lipinski definition) is 1. The van der Waals surface area contributed by atoms with Crippen LogP contribution in [0.4, 0.5) is 8.78 Å². The van der Waals surface area contributed by atoms with E-state index in [1.807, 2.05) is 18.2 Å². The lowest BCUT2D eigenvalue weighted by Gasteiger charge is -2.06. The Labute approximate surface area is 153 Å². The van der Waals surface area contributed by atoms with Crippen LogP contribution in [-0.4, -0.2) is 10.9 Å². The Balaban J connectivity index is 1.56. The molecule has 0 bridgehead atoms. The van der Waals surface area contributed by atoms with Crippen molar-refractivity contribution >= 4 is 17.5 Å². The summed E-state index contributed by atoms with van der Waals surface area (Å²) in [5.74, 6) is -1.44. The Kier molecular flexibility index (Phi) is 5.63. The predicted molar refractivity (Wildman–Crippen MR) is 93.5 cm³/mol. The first kappa shape index (κ1) is 18.1. The van der Waals surface area contributed by atoms with Gasteiger partial charge < -0.3 is 9.73 Å². The van der Waals surface area contributed by atoms with Gasteiger partial charge in [0.05, 0.1) is 11.8 Å². The van der Waals surface area contributed by atoms with Crippen LogP contribution in [0.2, 0.25) is 5.02 Å². The fourth-order valence-corrected chi connectivity index (χ4v) is 2.62. The van der Waals surface area contributed by atoms with E-state index in [0.29, 0.717) is 11.6 Å². The van der Waals surface area contributed by atoms with Gasteiger partial charge >= 0.3 is 0 Å². The molecule has 3 rings (SSSR count). The van der Waals surface area contributed by atoms with Crippen LogP contribution < -0.4 is 5.32 Å². The van der Waals surface area contributed by atoms with Gasteiger partial charge in [0.25, 0.3) is 0 Å². The number of oxazole rings is 1. The maximum absolute atomic E-state index is 13.8. The van der Waals surface area contributed by atoms with Crippen molar-refractivity contribution in [2.24, 2.45) is 0 Å².